The fraction of sp³-hybridized carbons (Fsp3) is 0.364. The number of rotatable bonds is 3. The van der Waals surface area contributed by atoms with Crippen LogP contribution in [0, 0.1) is 0 Å². The molecule has 2 heterocycles. The first kappa shape index (κ1) is 10.9. The molecular formula is C11H13ClN2S. The summed E-state index contributed by atoms with van der Waals surface area (Å²) in [5.74, 6) is 0.507. The molecule has 0 fully saturated rings. The Kier molecular flexibility index (Phi) is 3.24. The van der Waals surface area contributed by atoms with Crippen molar-refractivity contribution in [3.05, 3.63) is 28.2 Å². The molecule has 0 saturated carbocycles. The van der Waals surface area contributed by atoms with Crippen LogP contribution in [0.4, 0.5) is 0 Å². The van der Waals surface area contributed by atoms with Gasteiger partial charge in [0.2, 0.25) is 0 Å². The molecular weight excluding hydrogens is 228 g/mol. The van der Waals surface area contributed by atoms with Crippen LogP contribution in [0.15, 0.2) is 18.2 Å². The Bertz CT molecular complexity index is 467. The first-order valence-corrected chi connectivity index (χ1v) is 6.16. The van der Waals surface area contributed by atoms with Gasteiger partial charge in [-0.05, 0) is 37.1 Å². The van der Waals surface area contributed by atoms with Gasteiger partial charge in [-0.15, -0.1) is 11.3 Å². The average molecular weight is 241 g/mol. The molecule has 0 radical (unpaired) electrons. The molecule has 0 saturated heterocycles. The molecule has 80 valence electrons. The van der Waals surface area contributed by atoms with Crippen LogP contribution in [-0.2, 0) is 0 Å². The minimum Gasteiger partial charge on any atom is -0.330 e. The SMILES string of the molecule is CC(CCN)c1cc2nc(Cl)ccc2s1. The molecule has 1 unspecified atom stereocenters. The first-order valence-electron chi connectivity index (χ1n) is 4.96. The van der Waals surface area contributed by atoms with Crippen molar-refractivity contribution in [2.24, 2.45) is 5.73 Å². The Labute approximate surface area is 98.1 Å². The molecule has 1 atom stereocenters. The zero-order valence-corrected chi connectivity index (χ0v) is 10.1. The number of nitrogens with two attached hydrogens (primary N) is 1. The van der Waals surface area contributed by atoms with Crippen molar-refractivity contribution < 1.29 is 0 Å². The normalized spacial score (nSPS) is 13.3. The van der Waals surface area contributed by atoms with Crippen LogP contribution in [0.5, 0.6) is 0 Å². The lowest BCUT2D eigenvalue weighted by Crippen LogP contribution is -2.03. The van der Waals surface area contributed by atoms with Crippen molar-refractivity contribution >= 4 is 33.2 Å². The highest BCUT2D eigenvalue weighted by molar-refractivity contribution is 7.19. The minimum absolute atomic E-state index is 0.507. The molecule has 0 aromatic carbocycles. The van der Waals surface area contributed by atoms with Gasteiger partial charge in [0.15, 0.2) is 0 Å². The zero-order valence-electron chi connectivity index (χ0n) is 8.53. The van der Waals surface area contributed by atoms with Crippen molar-refractivity contribution in [2.75, 3.05) is 6.54 Å². The summed E-state index contributed by atoms with van der Waals surface area (Å²) in [5.41, 5.74) is 6.55. The highest BCUT2D eigenvalue weighted by Crippen LogP contribution is 2.31. The maximum atomic E-state index is 5.84. The third-order valence-corrected chi connectivity index (χ3v) is 3.98. The van der Waals surface area contributed by atoms with Crippen LogP contribution < -0.4 is 5.73 Å². The van der Waals surface area contributed by atoms with Gasteiger partial charge in [-0.2, -0.15) is 0 Å². The van der Waals surface area contributed by atoms with E-state index in [1.807, 2.05) is 12.1 Å². The molecule has 0 aliphatic carbocycles. The van der Waals surface area contributed by atoms with Gasteiger partial charge >= 0.3 is 0 Å². The summed E-state index contributed by atoms with van der Waals surface area (Å²) >= 11 is 7.62. The first-order chi connectivity index (χ1) is 7.20. The predicted molar refractivity (Wildman–Crippen MR) is 66.7 cm³/mol. The number of halogens is 1. The van der Waals surface area contributed by atoms with Crippen LogP contribution in [0.2, 0.25) is 5.15 Å². The van der Waals surface area contributed by atoms with Gasteiger partial charge in [-0.25, -0.2) is 4.98 Å². The molecule has 2 rings (SSSR count). The predicted octanol–water partition coefficient (Wildman–Crippen LogP) is 3.40. The number of fused-ring (bicyclic) bond motifs is 1. The lowest BCUT2D eigenvalue weighted by molar-refractivity contribution is 0.702. The molecule has 2 aromatic heterocycles. The van der Waals surface area contributed by atoms with Gasteiger partial charge in [0.25, 0.3) is 0 Å². The Morgan fingerprint density at radius 1 is 1.53 bits per heavy atom. The number of hydrogen-bond acceptors (Lipinski definition) is 3. The molecule has 2 N–H and O–H groups in total. The van der Waals surface area contributed by atoms with Crippen molar-refractivity contribution in [3.63, 3.8) is 0 Å². The molecule has 2 nitrogen and oxygen atoms in total. The van der Waals surface area contributed by atoms with E-state index in [9.17, 15) is 0 Å². The molecule has 0 aliphatic heterocycles. The van der Waals surface area contributed by atoms with Gasteiger partial charge in [-0.1, -0.05) is 18.5 Å². The Morgan fingerprint density at radius 2 is 2.33 bits per heavy atom. The lowest BCUT2D eigenvalue weighted by atomic mass is 10.1. The van der Waals surface area contributed by atoms with Crippen LogP contribution in [0.25, 0.3) is 10.2 Å². The molecule has 15 heavy (non-hydrogen) atoms. The van der Waals surface area contributed by atoms with E-state index in [0.29, 0.717) is 11.1 Å². The van der Waals surface area contributed by atoms with Gasteiger partial charge < -0.3 is 5.73 Å². The third kappa shape index (κ3) is 2.30. The Balaban J connectivity index is 2.38. The van der Waals surface area contributed by atoms with E-state index in [2.05, 4.69) is 18.0 Å². The largest absolute Gasteiger partial charge is 0.330 e. The number of hydrogen-bond donors (Lipinski definition) is 1. The van der Waals surface area contributed by atoms with Gasteiger partial charge in [0.05, 0.1) is 10.2 Å². The van der Waals surface area contributed by atoms with Crippen molar-refractivity contribution in [3.8, 4) is 0 Å². The summed E-state index contributed by atoms with van der Waals surface area (Å²) in [6.45, 7) is 2.92. The molecule has 0 bridgehead atoms. The third-order valence-electron chi connectivity index (χ3n) is 2.44. The van der Waals surface area contributed by atoms with Gasteiger partial charge in [0, 0.05) is 4.88 Å². The summed E-state index contributed by atoms with van der Waals surface area (Å²) in [5, 5.41) is 0.554. The highest BCUT2D eigenvalue weighted by Gasteiger charge is 2.09. The molecule has 2 aromatic rings. The monoisotopic (exact) mass is 240 g/mol. The summed E-state index contributed by atoms with van der Waals surface area (Å²) in [4.78, 5) is 5.62. The zero-order chi connectivity index (χ0) is 10.8. The number of pyridine rings is 1. The quantitative estimate of drug-likeness (QED) is 0.836. The van der Waals surface area contributed by atoms with E-state index in [1.165, 1.54) is 9.58 Å². The van der Waals surface area contributed by atoms with E-state index in [-0.39, 0.29) is 0 Å². The second kappa shape index (κ2) is 4.47. The second-order valence-electron chi connectivity index (χ2n) is 3.64. The maximum Gasteiger partial charge on any atom is 0.129 e. The average Bonchev–Trinajstić information content (AvgIpc) is 2.60. The highest BCUT2D eigenvalue weighted by atomic mass is 35.5. The standard InChI is InChI=1S/C11H13ClN2S/c1-7(4-5-13)10-6-8-9(15-10)2-3-11(12)14-8/h2-3,6-7H,4-5,13H2,1H3. The smallest absolute Gasteiger partial charge is 0.129 e. The molecule has 0 spiro atoms. The van der Waals surface area contributed by atoms with Gasteiger partial charge in [-0.3, -0.25) is 0 Å². The van der Waals surface area contributed by atoms with E-state index < -0.39 is 0 Å². The topological polar surface area (TPSA) is 38.9 Å². The van der Waals surface area contributed by atoms with Crippen LogP contribution in [0.3, 0.4) is 0 Å². The fourth-order valence-corrected chi connectivity index (χ4v) is 2.80. The summed E-state index contributed by atoms with van der Waals surface area (Å²) < 4.78 is 1.19. The van der Waals surface area contributed by atoms with E-state index in [1.54, 1.807) is 11.3 Å². The number of thiophene rings is 1. The van der Waals surface area contributed by atoms with Crippen molar-refractivity contribution in [1.29, 1.82) is 0 Å². The lowest BCUT2D eigenvalue weighted by Gasteiger charge is -2.05. The molecule has 4 heteroatoms. The number of aromatic nitrogens is 1. The maximum absolute atomic E-state index is 5.84. The number of nitrogens with zero attached hydrogens (tertiary/aromatic N) is 1. The summed E-state index contributed by atoms with van der Waals surface area (Å²) in [6.07, 6.45) is 1.01. The second-order valence-corrected chi connectivity index (χ2v) is 5.15. The molecule has 0 amide bonds. The van der Waals surface area contributed by atoms with Crippen molar-refractivity contribution in [1.82, 2.24) is 4.98 Å². The van der Waals surface area contributed by atoms with E-state index in [0.717, 1.165) is 18.5 Å². The Morgan fingerprint density at radius 3 is 3.07 bits per heavy atom. The molecule has 0 aliphatic rings. The van der Waals surface area contributed by atoms with Crippen LogP contribution >= 0.6 is 22.9 Å². The fourth-order valence-electron chi connectivity index (χ4n) is 1.55. The van der Waals surface area contributed by atoms with Crippen LogP contribution in [0.1, 0.15) is 24.1 Å². The summed E-state index contributed by atoms with van der Waals surface area (Å²) in [6, 6.07) is 5.97. The Hall–Kier alpha value is -0.640. The minimum atomic E-state index is 0.507. The van der Waals surface area contributed by atoms with Crippen molar-refractivity contribution in [2.45, 2.75) is 19.3 Å². The van der Waals surface area contributed by atoms with Gasteiger partial charge in [0.1, 0.15) is 5.15 Å². The van der Waals surface area contributed by atoms with Crippen LogP contribution in [-0.4, -0.2) is 11.5 Å². The van der Waals surface area contributed by atoms with E-state index in [4.69, 9.17) is 17.3 Å². The van der Waals surface area contributed by atoms with E-state index >= 15 is 0 Å². The summed E-state index contributed by atoms with van der Waals surface area (Å²) in [7, 11) is 0.